The number of fused-ring (bicyclic) bond motifs is 1. The van der Waals surface area contributed by atoms with Gasteiger partial charge >= 0.3 is 0 Å². The fourth-order valence-corrected chi connectivity index (χ4v) is 3.84. The van der Waals surface area contributed by atoms with Gasteiger partial charge in [-0.1, -0.05) is 6.92 Å². The van der Waals surface area contributed by atoms with Crippen LogP contribution in [0.5, 0.6) is 0 Å². The highest BCUT2D eigenvalue weighted by atomic mass is 32.1. The Kier molecular flexibility index (Phi) is 2.86. The van der Waals surface area contributed by atoms with Gasteiger partial charge in [0.05, 0.1) is 5.69 Å². The molecule has 16 heavy (non-hydrogen) atoms. The van der Waals surface area contributed by atoms with Crippen molar-refractivity contribution in [1.82, 2.24) is 10.3 Å². The number of piperazine rings is 1. The van der Waals surface area contributed by atoms with E-state index in [-0.39, 0.29) is 0 Å². The molecular formula is C12H19N3S. The molecule has 1 atom stereocenters. The molecule has 1 unspecified atom stereocenters. The first kappa shape index (κ1) is 10.5. The fourth-order valence-electron chi connectivity index (χ4n) is 2.52. The van der Waals surface area contributed by atoms with Crippen LogP contribution in [-0.4, -0.2) is 31.2 Å². The van der Waals surface area contributed by atoms with Crippen LogP contribution >= 0.6 is 11.3 Å². The third kappa shape index (κ3) is 1.96. The van der Waals surface area contributed by atoms with Gasteiger partial charge in [-0.2, -0.15) is 0 Å². The van der Waals surface area contributed by atoms with Crippen LogP contribution in [-0.2, 0) is 12.8 Å². The maximum Gasteiger partial charge on any atom is 0.185 e. The third-order valence-electron chi connectivity index (χ3n) is 3.56. The number of aryl methyl sites for hydroxylation is 1. The van der Waals surface area contributed by atoms with Crippen LogP contribution in [0.1, 0.15) is 23.9 Å². The van der Waals surface area contributed by atoms with E-state index in [2.05, 4.69) is 17.1 Å². The molecule has 3 rings (SSSR count). The first-order valence-corrected chi connectivity index (χ1v) is 7.09. The van der Waals surface area contributed by atoms with E-state index < -0.39 is 0 Å². The van der Waals surface area contributed by atoms with Gasteiger partial charge in [0.1, 0.15) is 0 Å². The lowest BCUT2D eigenvalue weighted by atomic mass is 9.93. The molecule has 1 aromatic heterocycles. The van der Waals surface area contributed by atoms with Crippen molar-refractivity contribution in [2.75, 3.05) is 31.1 Å². The average Bonchev–Trinajstić information content (AvgIpc) is 2.73. The molecule has 0 radical (unpaired) electrons. The second-order valence-electron chi connectivity index (χ2n) is 4.95. The minimum Gasteiger partial charge on any atom is -0.346 e. The molecule has 1 saturated heterocycles. The van der Waals surface area contributed by atoms with Crippen molar-refractivity contribution >= 4 is 16.5 Å². The van der Waals surface area contributed by atoms with E-state index in [0.717, 1.165) is 32.1 Å². The Bertz CT molecular complexity index is 368. The Morgan fingerprint density at radius 1 is 1.38 bits per heavy atom. The summed E-state index contributed by atoms with van der Waals surface area (Å²) < 4.78 is 0. The quantitative estimate of drug-likeness (QED) is 0.805. The molecule has 1 fully saturated rings. The Labute approximate surface area is 101 Å². The predicted molar refractivity (Wildman–Crippen MR) is 68.4 cm³/mol. The van der Waals surface area contributed by atoms with Gasteiger partial charge in [-0.15, -0.1) is 11.3 Å². The highest BCUT2D eigenvalue weighted by molar-refractivity contribution is 7.15. The first-order chi connectivity index (χ1) is 7.83. The molecular weight excluding hydrogens is 218 g/mol. The lowest BCUT2D eigenvalue weighted by molar-refractivity contribution is 0.501. The molecule has 1 aliphatic heterocycles. The van der Waals surface area contributed by atoms with Crippen molar-refractivity contribution in [3.63, 3.8) is 0 Å². The van der Waals surface area contributed by atoms with E-state index in [1.165, 1.54) is 30.1 Å². The molecule has 4 heteroatoms. The van der Waals surface area contributed by atoms with Crippen molar-refractivity contribution in [2.24, 2.45) is 5.92 Å². The molecule has 2 heterocycles. The largest absolute Gasteiger partial charge is 0.346 e. The molecule has 0 saturated carbocycles. The highest BCUT2D eigenvalue weighted by Crippen LogP contribution is 2.33. The zero-order valence-electron chi connectivity index (χ0n) is 9.83. The van der Waals surface area contributed by atoms with Crippen LogP contribution < -0.4 is 10.2 Å². The Hall–Kier alpha value is -0.610. The van der Waals surface area contributed by atoms with E-state index in [0.29, 0.717) is 0 Å². The SMILES string of the molecule is CC1CCc2nc(N3CCNCC3)sc2C1. The number of hydrogen-bond acceptors (Lipinski definition) is 4. The van der Waals surface area contributed by atoms with E-state index in [4.69, 9.17) is 4.98 Å². The van der Waals surface area contributed by atoms with Crippen molar-refractivity contribution in [3.05, 3.63) is 10.6 Å². The minimum absolute atomic E-state index is 0.851. The van der Waals surface area contributed by atoms with Crippen molar-refractivity contribution in [3.8, 4) is 0 Å². The van der Waals surface area contributed by atoms with Gasteiger partial charge in [-0.25, -0.2) is 4.98 Å². The van der Waals surface area contributed by atoms with E-state index in [1.807, 2.05) is 11.3 Å². The smallest absolute Gasteiger partial charge is 0.185 e. The average molecular weight is 237 g/mol. The van der Waals surface area contributed by atoms with Gasteiger partial charge in [0, 0.05) is 31.1 Å². The number of thiazole rings is 1. The summed E-state index contributed by atoms with van der Waals surface area (Å²) in [6, 6.07) is 0. The molecule has 2 aliphatic rings. The third-order valence-corrected chi connectivity index (χ3v) is 4.74. The minimum atomic E-state index is 0.851. The molecule has 0 spiro atoms. The monoisotopic (exact) mass is 237 g/mol. The van der Waals surface area contributed by atoms with Crippen molar-refractivity contribution in [1.29, 1.82) is 0 Å². The van der Waals surface area contributed by atoms with Crippen LogP contribution in [0.3, 0.4) is 0 Å². The molecule has 1 N–H and O–H groups in total. The highest BCUT2D eigenvalue weighted by Gasteiger charge is 2.22. The number of anilines is 1. The van der Waals surface area contributed by atoms with Crippen LogP contribution in [0.4, 0.5) is 5.13 Å². The molecule has 1 aromatic rings. The maximum atomic E-state index is 4.83. The van der Waals surface area contributed by atoms with Crippen molar-refractivity contribution in [2.45, 2.75) is 26.2 Å². The summed E-state index contributed by atoms with van der Waals surface area (Å²) in [5.41, 5.74) is 1.39. The van der Waals surface area contributed by atoms with Crippen LogP contribution in [0, 0.1) is 5.92 Å². The summed E-state index contributed by atoms with van der Waals surface area (Å²) in [5, 5.41) is 4.65. The molecule has 0 bridgehead atoms. The van der Waals surface area contributed by atoms with Crippen LogP contribution in [0.25, 0.3) is 0 Å². The summed E-state index contributed by atoms with van der Waals surface area (Å²) in [7, 11) is 0. The Balaban J connectivity index is 1.80. The zero-order chi connectivity index (χ0) is 11.0. The van der Waals surface area contributed by atoms with Gasteiger partial charge in [0.25, 0.3) is 0 Å². The van der Waals surface area contributed by atoms with Crippen LogP contribution in [0.15, 0.2) is 0 Å². The molecule has 88 valence electrons. The van der Waals surface area contributed by atoms with Gasteiger partial charge < -0.3 is 10.2 Å². The molecule has 3 nitrogen and oxygen atoms in total. The Morgan fingerprint density at radius 3 is 3.00 bits per heavy atom. The second kappa shape index (κ2) is 4.34. The lowest BCUT2D eigenvalue weighted by Crippen LogP contribution is -2.43. The van der Waals surface area contributed by atoms with E-state index in [1.54, 1.807) is 4.88 Å². The summed E-state index contributed by atoms with van der Waals surface area (Å²) in [4.78, 5) is 8.81. The van der Waals surface area contributed by atoms with Crippen LogP contribution in [0.2, 0.25) is 0 Å². The number of hydrogen-bond donors (Lipinski definition) is 1. The number of rotatable bonds is 1. The van der Waals surface area contributed by atoms with Gasteiger partial charge in [0.15, 0.2) is 5.13 Å². The van der Waals surface area contributed by atoms with E-state index in [9.17, 15) is 0 Å². The molecule has 0 aromatic carbocycles. The zero-order valence-corrected chi connectivity index (χ0v) is 10.6. The summed E-state index contributed by atoms with van der Waals surface area (Å²) in [5.74, 6) is 0.851. The lowest BCUT2D eigenvalue weighted by Gasteiger charge is -2.26. The summed E-state index contributed by atoms with van der Waals surface area (Å²) >= 11 is 1.93. The van der Waals surface area contributed by atoms with Gasteiger partial charge in [-0.3, -0.25) is 0 Å². The molecule has 0 amide bonds. The Morgan fingerprint density at radius 2 is 2.19 bits per heavy atom. The first-order valence-electron chi connectivity index (χ1n) is 6.27. The summed E-state index contributed by atoms with van der Waals surface area (Å²) in [6.07, 6.45) is 3.76. The standard InChI is InChI=1S/C12H19N3S/c1-9-2-3-10-11(8-9)16-12(14-10)15-6-4-13-5-7-15/h9,13H,2-8H2,1H3. The second-order valence-corrected chi connectivity index (χ2v) is 6.01. The molecule has 1 aliphatic carbocycles. The maximum absolute atomic E-state index is 4.83. The number of aromatic nitrogens is 1. The van der Waals surface area contributed by atoms with E-state index >= 15 is 0 Å². The topological polar surface area (TPSA) is 28.2 Å². The van der Waals surface area contributed by atoms with Gasteiger partial charge in [-0.05, 0) is 25.2 Å². The fraction of sp³-hybridized carbons (Fsp3) is 0.750. The van der Waals surface area contributed by atoms with Gasteiger partial charge in [0.2, 0.25) is 0 Å². The summed E-state index contributed by atoms with van der Waals surface area (Å²) in [6.45, 7) is 6.78. The number of nitrogens with one attached hydrogen (secondary N) is 1. The number of nitrogens with zero attached hydrogens (tertiary/aromatic N) is 2. The normalized spacial score (nSPS) is 25.6. The van der Waals surface area contributed by atoms with Crippen molar-refractivity contribution < 1.29 is 0 Å². The predicted octanol–water partition coefficient (Wildman–Crippen LogP) is 1.68.